The molecule has 1 aliphatic rings. The first-order valence-corrected chi connectivity index (χ1v) is 8.55. The number of ketones is 1. The molecule has 0 spiro atoms. The number of nitrogens with zero attached hydrogens (tertiary/aromatic N) is 1. The third-order valence-corrected chi connectivity index (χ3v) is 4.60. The normalized spacial score (nSPS) is 28.9. The molecule has 5 atom stereocenters. The van der Waals surface area contributed by atoms with Crippen LogP contribution in [0.15, 0.2) is 30.3 Å². The molecule has 0 amide bonds. The molecule has 7 heteroatoms. The first kappa shape index (κ1) is 18.7. The van der Waals surface area contributed by atoms with E-state index in [1.807, 2.05) is 31.2 Å². The van der Waals surface area contributed by atoms with Crippen LogP contribution in [0, 0.1) is 12.8 Å². The Kier molecular flexibility index (Phi) is 5.52. The van der Waals surface area contributed by atoms with Crippen LogP contribution >= 0.6 is 0 Å². The second-order valence-corrected chi connectivity index (χ2v) is 6.68. The van der Waals surface area contributed by atoms with Crippen LogP contribution in [0.3, 0.4) is 0 Å². The molecule has 0 bridgehead atoms. The number of rotatable bonds is 5. The summed E-state index contributed by atoms with van der Waals surface area (Å²) in [4.78, 5) is 16.1. The Morgan fingerprint density at radius 1 is 1.23 bits per heavy atom. The van der Waals surface area contributed by atoms with E-state index in [1.54, 1.807) is 6.07 Å². The molecule has 1 aromatic heterocycles. The fourth-order valence-electron chi connectivity index (χ4n) is 3.24. The van der Waals surface area contributed by atoms with Gasteiger partial charge in [0.1, 0.15) is 29.3 Å². The van der Waals surface area contributed by atoms with Crippen molar-refractivity contribution in [3.8, 4) is 5.75 Å². The Bertz CT molecular complexity index is 795. The summed E-state index contributed by atoms with van der Waals surface area (Å²) in [7, 11) is 0. The third-order valence-electron chi connectivity index (χ3n) is 4.60. The van der Waals surface area contributed by atoms with Gasteiger partial charge in [-0.2, -0.15) is 0 Å². The molecular formula is C19H23NO6. The number of aryl methyl sites for hydroxylation is 1. The average Bonchev–Trinajstić information content (AvgIpc) is 2.61. The van der Waals surface area contributed by atoms with E-state index in [9.17, 15) is 20.1 Å². The van der Waals surface area contributed by atoms with Crippen LogP contribution in [-0.2, 0) is 9.53 Å². The average molecular weight is 361 g/mol. The minimum absolute atomic E-state index is 0.0156. The van der Waals surface area contributed by atoms with Gasteiger partial charge >= 0.3 is 0 Å². The van der Waals surface area contributed by atoms with Gasteiger partial charge in [0.05, 0.1) is 18.6 Å². The predicted molar refractivity (Wildman–Crippen MR) is 93.7 cm³/mol. The lowest BCUT2D eigenvalue weighted by atomic mass is 9.87. The van der Waals surface area contributed by atoms with Crippen molar-refractivity contribution in [3.63, 3.8) is 0 Å². The number of benzene rings is 1. The molecule has 1 fully saturated rings. The van der Waals surface area contributed by atoms with Gasteiger partial charge in [0.15, 0.2) is 0 Å². The SMILES string of the molecule is CC(=O)C[C@H]1[C@H](Oc2cccc3ccc(C)nc23)O[C@H](CO)[C@H](O)[C@@H]1O. The van der Waals surface area contributed by atoms with Crippen molar-refractivity contribution in [2.45, 2.75) is 44.9 Å². The number of Topliss-reactive ketones (excluding diaryl/α,β-unsaturated/α-hetero) is 1. The molecule has 140 valence electrons. The molecule has 1 saturated heterocycles. The van der Waals surface area contributed by atoms with Crippen LogP contribution < -0.4 is 4.74 Å². The van der Waals surface area contributed by atoms with Crippen molar-refractivity contribution in [3.05, 3.63) is 36.0 Å². The van der Waals surface area contributed by atoms with Gasteiger partial charge in [-0.1, -0.05) is 18.2 Å². The molecule has 2 heterocycles. The second-order valence-electron chi connectivity index (χ2n) is 6.68. The summed E-state index contributed by atoms with van der Waals surface area (Å²) < 4.78 is 11.6. The van der Waals surface area contributed by atoms with Crippen LogP contribution in [0.4, 0.5) is 0 Å². The maximum absolute atomic E-state index is 11.6. The number of para-hydroxylation sites is 1. The topological polar surface area (TPSA) is 109 Å². The van der Waals surface area contributed by atoms with Gasteiger partial charge in [-0.15, -0.1) is 0 Å². The number of fused-ring (bicyclic) bond motifs is 1. The number of aliphatic hydroxyl groups excluding tert-OH is 3. The molecule has 1 aromatic carbocycles. The van der Waals surface area contributed by atoms with Crippen molar-refractivity contribution in [1.82, 2.24) is 4.98 Å². The van der Waals surface area contributed by atoms with E-state index >= 15 is 0 Å². The molecule has 7 nitrogen and oxygen atoms in total. The highest BCUT2D eigenvalue weighted by Gasteiger charge is 2.45. The van der Waals surface area contributed by atoms with E-state index < -0.39 is 37.1 Å². The lowest BCUT2D eigenvalue weighted by Gasteiger charge is -2.41. The van der Waals surface area contributed by atoms with Gasteiger partial charge in [0.2, 0.25) is 6.29 Å². The van der Waals surface area contributed by atoms with Crippen LogP contribution in [0.25, 0.3) is 10.9 Å². The zero-order valence-electron chi connectivity index (χ0n) is 14.7. The highest BCUT2D eigenvalue weighted by atomic mass is 16.7. The molecule has 3 N–H and O–H groups in total. The lowest BCUT2D eigenvalue weighted by molar-refractivity contribution is -0.260. The minimum Gasteiger partial charge on any atom is -0.462 e. The minimum atomic E-state index is -1.29. The van der Waals surface area contributed by atoms with Crippen molar-refractivity contribution >= 4 is 16.7 Å². The maximum atomic E-state index is 11.6. The van der Waals surface area contributed by atoms with Crippen LogP contribution in [-0.4, -0.2) is 57.3 Å². The molecule has 0 aliphatic carbocycles. The number of aromatic nitrogens is 1. The lowest BCUT2D eigenvalue weighted by Crippen LogP contribution is -2.57. The zero-order chi connectivity index (χ0) is 18.8. The first-order valence-electron chi connectivity index (χ1n) is 8.55. The number of hydrogen-bond donors (Lipinski definition) is 3. The summed E-state index contributed by atoms with van der Waals surface area (Å²) in [6.07, 6.45) is -4.56. The zero-order valence-corrected chi connectivity index (χ0v) is 14.7. The maximum Gasteiger partial charge on any atom is 0.206 e. The molecule has 0 radical (unpaired) electrons. The fraction of sp³-hybridized carbons (Fsp3) is 0.474. The predicted octanol–water partition coefficient (Wildman–Crippen LogP) is 0.956. The summed E-state index contributed by atoms with van der Waals surface area (Å²) in [6, 6.07) is 9.26. The first-order chi connectivity index (χ1) is 12.4. The van der Waals surface area contributed by atoms with Crippen molar-refractivity contribution in [2.75, 3.05) is 6.61 Å². The van der Waals surface area contributed by atoms with Crippen LogP contribution in [0.1, 0.15) is 19.0 Å². The summed E-state index contributed by atoms with van der Waals surface area (Å²) in [5.74, 6) is -0.469. The largest absolute Gasteiger partial charge is 0.462 e. The van der Waals surface area contributed by atoms with Gasteiger partial charge in [-0.25, -0.2) is 4.98 Å². The van der Waals surface area contributed by atoms with Crippen molar-refractivity contribution < 1.29 is 29.6 Å². The van der Waals surface area contributed by atoms with E-state index in [1.165, 1.54) is 6.92 Å². The summed E-state index contributed by atoms with van der Waals surface area (Å²) in [6.45, 7) is 2.79. The molecule has 26 heavy (non-hydrogen) atoms. The third kappa shape index (κ3) is 3.71. The van der Waals surface area contributed by atoms with Gasteiger partial charge in [-0.05, 0) is 26.0 Å². The molecule has 0 saturated carbocycles. The summed E-state index contributed by atoms with van der Waals surface area (Å²) in [5.41, 5.74) is 1.46. The van der Waals surface area contributed by atoms with Gasteiger partial charge in [0, 0.05) is 17.5 Å². The standard InChI is InChI=1S/C19H23NO6/c1-10-6-7-12-4-3-5-14(16(12)20-10)25-19-13(8-11(2)22)17(23)18(24)15(9-21)26-19/h3-7,13,15,17-19,21,23-24H,8-9H2,1-2H3/t13-,15-,17-,18+,19-/m1/s1. The molecule has 1 aliphatic heterocycles. The number of carbonyl (C=O) groups is 1. The number of aliphatic hydroxyl groups is 3. The Labute approximate surface area is 151 Å². The van der Waals surface area contributed by atoms with E-state index in [4.69, 9.17) is 9.47 Å². The van der Waals surface area contributed by atoms with E-state index in [-0.39, 0.29) is 12.2 Å². The highest BCUT2D eigenvalue weighted by molar-refractivity contribution is 5.84. The van der Waals surface area contributed by atoms with E-state index in [0.29, 0.717) is 11.3 Å². The molecule has 3 rings (SSSR count). The highest BCUT2D eigenvalue weighted by Crippen LogP contribution is 2.33. The quantitative estimate of drug-likeness (QED) is 0.728. The van der Waals surface area contributed by atoms with Gasteiger partial charge in [-0.3, -0.25) is 0 Å². The fourth-order valence-corrected chi connectivity index (χ4v) is 3.24. The Hall–Kier alpha value is -2.06. The van der Waals surface area contributed by atoms with Crippen molar-refractivity contribution in [2.24, 2.45) is 5.92 Å². The molecular weight excluding hydrogens is 338 g/mol. The smallest absolute Gasteiger partial charge is 0.206 e. The van der Waals surface area contributed by atoms with Crippen molar-refractivity contribution in [1.29, 1.82) is 0 Å². The second kappa shape index (κ2) is 7.67. The Morgan fingerprint density at radius 3 is 2.69 bits per heavy atom. The van der Waals surface area contributed by atoms with Crippen LogP contribution in [0.2, 0.25) is 0 Å². The Morgan fingerprint density at radius 2 is 2.00 bits per heavy atom. The molecule has 0 unspecified atom stereocenters. The summed E-state index contributed by atoms with van der Waals surface area (Å²) >= 11 is 0. The Balaban J connectivity index is 1.95. The monoisotopic (exact) mass is 361 g/mol. The van der Waals surface area contributed by atoms with Gasteiger partial charge in [0.25, 0.3) is 0 Å². The summed E-state index contributed by atoms with van der Waals surface area (Å²) in [5, 5.41) is 30.8. The number of pyridine rings is 1. The number of hydrogen-bond acceptors (Lipinski definition) is 7. The molecule has 2 aromatic rings. The van der Waals surface area contributed by atoms with Crippen LogP contribution in [0.5, 0.6) is 5.75 Å². The van der Waals surface area contributed by atoms with Gasteiger partial charge < -0.3 is 29.6 Å². The number of carbonyl (C=O) groups excluding carboxylic acids is 1. The van der Waals surface area contributed by atoms with E-state index in [2.05, 4.69) is 4.98 Å². The number of ether oxygens (including phenoxy) is 2. The van der Waals surface area contributed by atoms with E-state index in [0.717, 1.165) is 11.1 Å².